The Labute approximate surface area is 86.8 Å². The molecule has 0 fully saturated rings. The number of ether oxygens (including phenoxy) is 1. The van der Waals surface area contributed by atoms with Crippen LogP contribution < -0.4 is 4.74 Å². The SMILES string of the molecule is O=C(O)Oc1ccco1.[CaH2]. The monoisotopic (exact) mass is 170 g/mol. The van der Waals surface area contributed by atoms with Crippen LogP contribution in [0.25, 0.3) is 0 Å². The van der Waals surface area contributed by atoms with Crippen LogP contribution in [0.5, 0.6) is 5.95 Å². The Kier molecular flexibility index (Phi) is 4.51. The van der Waals surface area contributed by atoms with Crippen LogP contribution >= 0.6 is 0 Å². The van der Waals surface area contributed by atoms with Crippen LogP contribution in [0, 0.1) is 0 Å². The van der Waals surface area contributed by atoms with Gasteiger partial charge in [-0.25, -0.2) is 4.79 Å². The zero-order valence-corrected chi connectivity index (χ0v) is 4.40. The molecule has 1 rings (SSSR count). The fourth-order valence-electron chi connectivity index (χ4n) is 0.408. The van der Waals surface area contributed by atoms with E-state index in [2.05, 4.69) is 9.15 Å². The van der Waals surface area contributed by atoms with Gasteiger partial charge in [-0.05, 0) is 6.07 Å². The Morgan fingerprint density at radius 1 is 1.70 bits per heavy atom. The zero-order chi connectivity index (χ0) is 6.69. The molecule has 52 valence electrons. The van der Waals surface area contributed by atoms with E-state index in [9.17, 15) is 4.79 Å². The van der Waals surface area contributed by atoms with E-state index in [-0.39, 0.29) is 43.7 Å². The van der Waals surface area contributed by atoms with Crippen LogP contribution in [0.15, 0.2) is 22.8 Å². The molecule has 1 heterocycles. The van der Waals surface area contributed by atoms with Crippen molar-refractivity contribution in [3.05, 3.63) is 18.4 Å². The Morgan fingerprint density at radius 3 is 2.80 bits per heavy atom. The van der Waals surface area contributed by atoms with Crippen LogP contribution in [0.3, 0.4) is 0 Å². The van der Waals surface area contributed by atoms with Gasteiger partial charge in [-0.1, -0.05) is 0 Å². The molecule has 0 saturated carbocycles. The molecule has 1 aromatic heterocycles. The van der Waals surface area contributed by atoms with Gasteiger partial charge < -0.3 is 14.3 Å². The third-order valence-electron chi connectivity index (χ3n) is 0.683. The van der Waals surface area contributed by atoms with Gasteiger partial charge >= 0.3 is 43.9 Å². The van der Waals surface area contributed by atoms with Crippen LogP contribution in [0.1, 0.15) is 0 Å². The van der Waals surface area contributed by atoms with Crippen molar-refractivity contribution < 1.29 is 19.1 Å². The van der Waals surface area contributed by atoms with Crippen molar-refractivity contribution >= 4 is 43.9 Å². The number of rotatable bonds is 1. The van der Waals surface area contributed by atoms with Gasteiger partial charge in [0.05, 0.1) is 6.26 Å². The summed E-state index contributed by atoms with van der Waals surface area (Å²) in [6.07, 6.45) is -0.0388. The first-order chi connectivity index (χ1) is 4.29. The molecule has 0 saturated heterocycles. The van der Waals surface area contributed by atoms with Gasteiger partial charge in [-0.3, -0.25) is 0 Å². The first-order valence-corrected chi connectivity index (χ1v) is 2.23. The first-order valence-electron chi connectivity index (χ1n) is 2.23. The van der Waals surface area contributed by atoms with E-state index in [0.717, 1.165) is 0 Å². The first kappa shape index (κ1) is 9.81. The minimum atomic E-state index is -1.37. The van der Waals surface area contributed by atoms with Crippen molar-refractivity contribution in [2.24, 2.45) is 0 Å². The molecule has 0 aliphatic heterocycles. The minimum absolute atomic E-state index is 0. The van der Waals surface area contributed by atoms with Crippen LogP contribution in [0.2, 0.25) is 0 Å². The summed E-state index contributed by atoms with van der Waals surface area (Å²) in [6.45, 7) is 0. The third kappa shape index (κ3) is 3.10. The molecule has 0 bridgehead atoms. The maximum atomic E-state index is 9.78. The average Bonchev–Trinajstić information content (AvgIpc) is 2.15. The van der Waals surface area contributed by atoms with E-state index in [0.29, 0.717) is 0 Å². The van der Waals surface area contributed by atoms with Crippen molar-refractivity contribution in [1.29, 1.82) is 0 Å². The summed E-state index contributed by atoms with van der Waals surface area (Å²) in [5, 5.41) is 8.00. The van der Waals surface area contributed by atoms with E-state index in [1.807, 2.05) is 0 Å². The maximum absolute atomic E-state index is 9.78. The Bertz CT molecular complexity index is 193. The standard InChI is InChI=1S/C5H4O4.Ca.2H/c6-5(7)9-4-2-1-3-8-4;;;/h1-3H,(H,6,7);;;. The summed E-state index contributed by atoms with van der Waals surface area (Å²) in [5.41, 5.74) is 0. The predicted molar refractivity (Wildman–Crippen MR) is 35.9 cm³/mol. The van der Waals surface area contributed by atoms with Crippen molar-refractivity contribution in [2.75, 3.05) is 0 Å². The van der Waals surface area contributed by atoms with Gasteiger partial charge in [0.1, 0.15) is 0 Å². The van der Waals surface area contributed by atoms with Gasteiger partial charge in [-0.15, -0.1) is 0 Å². The van der Waals surface area contributed by atoms with E-state index in [1.165, 1.54) is 18.4 Å². The van der Waals surface area contributed by atoms with E-state index in [1.54, 1.807) is 0 Å². The van der Waals surface area contributed by atoms with E-state index >= 15 is 0 Å². The zero-order valence-electron chi connectivity index (χ0n) is 4.40. The second kappa shape index (κ2) is 4.60. The van der Waals surface area contributed by atoms with Crippen molar-refractivity contribution in [3.8, 4) is 5.95 Å². The van der Waals surface area contributed by atoms with Crippen LogP contribution in [-0.2, 0) is 0 Å². The second-order valence-electron chi connectivity index (χ2n) is 1.30. The van der Waals surface area contributed by atoms with Gasteiger partial charge in [0, 0.05) is 6.07 Å². The number of hydrogen-bond donors (Lipinski definition) is 1. The Balaban J connectivity index is 0.000000810. The van der Waals surface area contributed by atoms with Gasteiger partial charge in [-0.2, -0.15) is 0 Å². The van der Waals surface area contributed by atoms with Crippen LogP contribution in [0.4, 0.5) is 4.79 Å². The van der Waals surface area contributed by atoms with E-state index < -0.39 is 6.16 Å². The molecule has 0 aromatic carbocycles. The van der Waals surface area contributed by atoms with Crippen LogP contribution in [-0.4, -0.2) is 49.0 Å². The number of carbonyl (C=O) groups is 1. The molecule has 4 nitrogen and oxygen atoms in total. The summed E-state index contributed by atoms with van der Waals surface area (Å²) in [4.78, 5) is 9.78. The molecule has 0 radical (unpaired) electrons. The number of furan rings is 1. The van der Waals surface area contributed by atoms with Crippen molar-refractivity contribution in [3.63, 3.8) is 0 Å². The molecular weight excluding hydrogens is 164 g/mol. The van der Waals surface area contributed by atoms with Gasteiger partial charge in [0.2, 0.25) is 0 Å². The number of hydrogen-bond acceptors (Lipinski definition) is 3. The molecule has 0 spiro atoms. The Hall–Kier alpha value is -0.190. The van der Waals surface area contributed by atoms with E-state index in [4.69, 9.17) is 5.11 Å². The molecular formula is C5H6CaO4. The van der Waals surface area contributed by atoms with Crippen molar-refractivity contribution in [1.82, 2.24) is 0 Å². The molecule has 10 heavy (non-hydrogen) atoms. The molecule has 1 N–H and O–H groups in total. The summed E-state index contributed by atoms with van der Waals surface area (Å²) < 4.78 is 8.65. The summed E-state index contributed by atoms with van der Waals surface area (Å²) >= 11 is 0. The molecule has 0 aliphatic rings. The second-order valence-corrected chi connectivity index (χ2v) is 1.30. The van der Waals surface area contributed by atoms with Gasteiger partial charge in [0.15, 0.2) is 0 Å². The fourth-order valence-corrected chi connectivity index (χ4v) is 0.408. The Morgan fingerprint density at radius 2 is 2.40 bits per heavy atom. The fraction of sp³-hybridized carbons (Fsp3) is 0. The molecule has 0 unspecified atom stereocenters. The molecule has 0 aliphatic carbocycles. The topological polar surface area (TPSA) is 59.7 Å². The predicted octanol–water partition coefficient (Wildman–Crippen LogP) is 0.420. The molecule has 5 heteroatoms. The quantitative estimate of drug-likeness (QED) is 0.490. The summed E-state index contributed by atoms with van der Waals surface area (Å²) in [5.74, 6) is -0.0116. The molecule has 1 aromatic rings. The summed E-state index contributed by atoms with van der Waals surface area (Å²) in [6, 6.07) is 2.95. The molecule has 0 amide bonds. The number of carboxylic acid groups (broad SMARTS) is 1. The van der Waals surface area contributed by atoms with Crippen molar-refractivity contribution in [2.45, 2.75) is 0 Å². The van der Waals surface area contributed by atoms with Gasteiger partial charge in [0.25, 0.3) is 5.95 Å². The molecule has 0 atom stereocenters. The third-order valence-corrected chi connectivity index (χ3v) is 0.683. The normalized spacial score (nSPS) is 8.00. The summed E-state index contributed by atoms with van der Waals surface area (Å²) in [7, 11) is 0. The average molecular weight is 170 g/mol.